The maximum atomic E-state index is 10.8. The highest BCUT2D eigenvalue weighted by atomic mass is 35.5. The number of rotatable bonds is 7. The van der Waals surface area contributed by atoms with E-state index >= 15 is 0 Å². The second-order valence-corrected chi connectivity index (χ2v) is 5.20. The van der Waals surface area contributed by atoms with Crippen LogP contribution in [0.1, 0.15) is 18.9 Å². The van der Waals surface area contributed by atoms with Gasteiger partial charge >= 0.3 is 0 Å². The number of nitrogens with zero attached hydrogens (tertiary/aromatic N) is 1. The van der Waals surface area contributed by atoms with Crippen LogP contribution in [-0.2, 0) is 6.54 Å². The standard InChI is InChI=1S/C16H17ClN2O3/c1-2-8-22-16-7-6-13(17)9-12(16)11-18-14-4-3-5-15(10-14)19(20)21/h3-7,9-10,18H,2,8,11H2,1H3. The summed E-state index contributed by atoms with van der Waals surface area (Å²) in [6.07, 6.45) is 0.917. The van der Waals surface area contributed by atoms with Crippen molar-refractivity contribution in [2.45, 2.75) is 19.9 Å². The Morgan fingerprint density at radius 1 is 1.27 bits per heavy atom. The van der Waals surface area contributed by atoms with Crippen molar-refractivity contribution in [3.63, 3.8) is 0 Å². The van der Waals surface area contributed by atoms with Gasteiger partial charge in [-0.05, 0) is 30.7 Å². The van der Waals surface area contributed by atoms with Crippen molar-refractivity contribution in [3.05, 3.63) is 63.2 Å². The summed E-state index contributed by atoms with van der Waals surface area (Å²) in [5, 5.41) is 14.6. The molecule has 0 fully saturated rings. The molecule has 2 aromatic carbocycles. The normalized spacial score (nSPS) is 10.3. The molecule has 22 heavy (non-hydrogen) atoms. The summed E-state index contributed by atoms with van der Waals surface area (Å²) in [5.41, 5.74) is 1.64. The topological polar surface area (TPSA) is 64.4 Å². The van der Waals surface area contributed by atoms with Crippen LogP contribution in [-0.4, -0.2) is 11.5 Å². The monoisotopic (exact) mass is 320 g/mol. The van der Waals surface area contributed by atoms with Crippen molar-refractivity contribution in [2.24, 2.45) is 0 Å². The summed E-state index contributed by atoms with van der Waals surface area (Å²) in [7, 11) is 0. The van der Waals surface area contributed by atoms with Gasteiger partial charge in [0, 0.05) is 35.0 Å². The summed E-state index contributed by atoms with van der Waals surface area (Å²) in [5.74, 6) is 0.768. The highest BCUT2D eigenvalue weighted by molar-refractivity contribution is 6.30. The number of anilines is 1. The van der Waals surface area contributed by atoms with Crippen molar-refractivity contribution < 1.29 is 9.66 Å². The lowest BCUT2D eigenvalue weighted by atomic mass is 10.2. The minimum atomic E-state index is -0.416. The Hall–Kier alpha value is -2.27. The van der Waals surface area contributed by atoms with Crippen LogP contribution in [0.4, 0.5) is 11.4 Å². The van der Waals surface area contributed by atoms with Gasteiger partial charge in [-0.15, -0.1) is 0 Å². The van der Waals surface area contributed by atoms with E-state index in [0.717, 1.165) is 17.7 Å². The van der Waals surface area contributed by atoms with Gasteiger partial charge in [-0.1, -0.05) is 24.6 Å². The van der Waals surface area contributed by atoms with Crippen LogP contribution in [0.3, 0.4) is 0 Å². The molecule has 0 saturated heterocycles. The van der Waals surface area contributed by atoms with Gasteiger partial charge in [-0.2, -0.15) is 0 Å². The van der Waals surface area contributed by atoms with E-state index in [1.807, 2.05) is 19.1 Å². The van der Waals surface area contributed by atoms with Crippen molar-refractivity contribution in [1.29, 1.82) is 0 Å². The Kier molecular flexibility index (Phi) is 5.61. The Balaban J connectivity index is 2.12. The van der Waals surface area contributed by atoms with Crippen molar-refractivity contribution in [2.75, 3.05) is 11.9 Å². The van der Waals surface area contributed by atoms with E-state index in [2.05, 4.69) is 5.32 Å². The van der Waals surface area contributed by atoms with Gasteiger partial charge in [0.2, 0.25) is 0 Å². The predicted molar refractivity (Wildman–Crippen MR) is 87.7 cm³/mol. The molecule has 0 unspecified atom stereocenters. The Morgan fingerprint density at radius 2 is 2.09 bits per heavy atom. The first kappa shape index (κ1) is 16.1. The van der Waals surface area contributed by atoms with E-state index in [0.29, 0.717) is 23.9 Å². The largest absolute Gasteiger partial charge is 0.493 e. The van der Waals surface area contributed by atoms with E-state index < -0.39 is 4.92 Å². The second-order valence-electron chi connectivity index (χ2n) is 4.76. The number of hydrogen-bond acceptors (Lipinski definition) is 4. The van der Waals surface area contributed by atoms with E-state index in [9.17, 15) is 10.1 Å². The molecule has 116 valence electrons. The number of nitrogens with one attached hydrogen (secondary N) is 1. The first-order valence-electron chi connectivity index (χ1n) is 6.99. The fourth-order valence-electron chi connectivity index (χ4n) is 1.97. The zero-order valence-corrected chi connectivity index (χ0v) is 13.0. The zero-order valence-electron chi connectivity index (χ0n) is 12.2. The SMILES string of the molecule is CCCOc1ccc(Cl)cc1CNc1cccc([N+](=O)[O-])c1. The molecule has 0 aromatic heterocycles. The van der Waals surface area contributed by atoms with Crippen molar-refractivity contribution in [3.8, 4) is 5.75 Å². The van der Waals surface area contributed by atoms with Crippen LogP contribution in [0.15, 0.2) is 42.5 Å². The zero-order chi connectivity index (χ0) is 15.9. The second kappa shape index (κ2) is 7.66. The molecule has 2 aromatic rings. The molecular weight excluding hydrogens is 304 g/mol. The van der Waals surface area contributed by atoms with Gasteiger partial charge < -0.3 is 10.1 Å². The van der Waals surface area contributed by atoms with E-state index in [4.69, 9.17) is 16.3 Å². The number of halogens is 1. The third-order valence-electron chi connectivity index (χ3n) is 3.02. The van der Waals surface area contributed by atoms with E-state index in [1.54, 1.807) is 18.2 Å². The third-order valence-corrected chi connectivity index (χ3v) is 3.26. The summed E-state index contributed by atoms with van der Waals surface area (Å²) >= 11 is 6.03. The highest BCUT2D eigenvalue weighted by Crippen LogP contribution is 2.25. The Labute approximate surface area is 134 Å². The lowest BCUT2D eigenvalue weighted by Gasteiger charge is -2.13. The fraction of sp³-hybridized carbons (Fsp3) is 0.250. The molecule has 0 saturated carbocycles. The highest BCUT2D eigenvalue weighted by Gasteiger charge is 2.08. The summed E-state index contributed by atoms with van der Waals surface area (Å²) < 4.78 is 5.68. The molecule has 6 heteroatoms. The van der Waals surface area contributed by atoms with Gasteiger partial charge in [0.1, 0.15) is 5.75 Å². The van der Waals surface area contributed by atoms with Crippen LogP contribution in [0.2, 0.25) is 5.02 Å². The number of non-ortho nitro benzene ring substituents is 1. The molecule has 0 aliphatic rings. The first-order chi connectivity index (χ1) is 10.6. The van der Waals surface area contributed by atoms with Crippen LogP contribution >= 0.6 is 11.6 Å². The van der Waals surface area contributed by atoms with Crippen LogP contribution < -0.4 is 10.1 Å². The Bertz CT molecular complexity index is 662. The third kappa shape index (κ3) is 4.36. The van der Waals surface area contributed by atoms with Gasteiger partial charge in [-0.25, -0.2) is 0 Å². The number of benzene rings is 2. The average molecular weight is 321 g/mol. The molecule has 0 amide bonds. The van der Waals surface area contributed by atoms with Crippen molar-refractivity contribution >= 4 is 23.0 Å². The molecule has 5 nitrogen and oxygen atoms in total. The molecule has 0 radical (unpaired) electrons. The van der Waals surface area contributed by atoms with Gasteiger partial charge in [0.15, 0.2) is 0 Å². The molecule has 0 heterocycles. The van der Waals surface area contributed by atoms with E-state index in [1.165, 1.54) is 12.1 Å². The lowest BCUT2D eigenvalue weighted by Crippen LogP contribution is -2.04. The lowest BCUT2D eigenvalue weighted by molar-refractivity contribution is -0.384. The molecule has 1 N–H and O–H groups in total. The predicted octanol–water partition coefficient (Wildman–Crippen LogP) is 4.65. The average Bonchev–Trinajstić information content (AvgIpc) is 2.52. The fourth-order valence-corrected chi connectivity index (χ4v) is 2.16. The van der Waals surface area contributed by atoms with Crippen molar-refractivity contribution in [1.82, 2.24) is 0 Å². The van der Waals surface area contributed by atoms with Gasteiger partial charge in [0.05, 0.1) is 11.5 Å². The number of nitro groups is 1. The summed E-state index contributed by atoms with van der Waals surface area (Å²) in [4.78, 5) is 10.4. The molecule has 0 atom stereocenters. The van der Waals surface area contributed by atoms with Crippen LogP contribution in [0.5, 0.6) is 5.75 Å². The molecule has 0 aliphatic heterocycles. The van der Waals surface area contributed by atoms with Crippen LogP contribution in [0.25, 0.3) is 0 Å². The Morgan fingerprint density at radius 3 is 2.82 bits per heavy atom. The molecule has 0 bridgehead atoms. The van der Waals surface area contributed by atoms with Gasteiger partial charge in [-0.3, -0.25) is 10.1 Å². The molecular formula is C16H17ClN2O3. The molecule has 2 rings (SSSR count). The maximum Gasteiger partial charge on any atom is 0.271 e. The first-order valence-corrected chi connectivity index (χ1v) is 7.37. The van der Waals surface area contributed by atoms with Gasteiger partial charge in [0.25, 0.3) is 5.69 Å². The minimum absolute atomic E-state index is 0.0542. The smallest absolute Gasteiger partial charge is 0.271 e. The summed E-state index contributed by atoms with van der Waals surface area (Å²) in [6.45, 7) is 3.14. The maximum absolute atomic E-state index is 10.8. The quantitative estimate of drug-likeness (QED) is 0.595. The summed E-state index contributed by atoms with van der Waals surface area (Å²) in [6, 6.07) is 11.8. The number of nitro benzene ring substituents is 1. The number of ether oxygens (including phenoxy) is 1. The molecule has 0 spiro atoms. The van der Waals surface area contributed by atoms with Crippen LogP contribution in [0, 0.1) is 10.1 Å². The van der Waals surface area contributed by atoms with E-state index in [-0.39, 0.29) is 5.69 Å². The number of hydrogen-bond donors (Lipinski definition) is 1. The minimum Gasteiger partial charge on any atom is -0.493 e. The molecule has 0 aliphatic carbocycles.